The molecule has 0 aliphatic carbocycles. The highest BCUT2D eigenvalue weighted by atomic mass is 35.6. The first-order chi connectivity index (χ1) is 11.0. The summed E-state index contributed by atoms with van der Waals surface area (Å²) < 4.78 is 0.752. The molecule has 0 aliphatic rings. The van der Waals surface area contributed by atoms with Gasteiger partial charge in [-0.15, -0.1) is 0 Å². The first-order valence-corrected chi connectivity index (χ1v) is 8.38. The van der Waals surface area contributed by atoms with E-state index in [0.29, 0.717) is 5.56 Å². The van der Waals surface area contributed by atoms with Gasteiger partial charge in [-0.1, -0.05) is 81.7 Å². The van der Waals surface area contributed by atoms with Crippen molar-refractivity contribution >= 4 is 75.6 Å². The number of ether oxygens (including phenoxy) is 1. The number of alkyl halides is 6. The van der Waals surface area contributed by atoms with Crippen molar-refractivity contribution < 1.29 is 9.53 Å². The molecule has 5 nitrogen and oxygen atoms in total. The Morgan fingerprint density at radius 3 is 1.96 bits per heavy atom. The number of hydrogen-bond acceptors (Lipinski definition) is 5. The highest BCUT2D eigenvalue weighted by Crippen LogP contribution is 2.40. The minimum atomic E-state index is -1.96. The van der Waals surface area contributed by atoms with Crippen molar-refractivity contribution in [3.05, 3.63) is 41.5 Å². The van der Waals surface area contributed by atoms with Crippen molar-refractivity contribution in [1.82, 2.24) is 15.0 Å². The highest BCUT2D eigenvalue weighted by molar-refractivity contribution is 6.67. The number of esters is 1. The molecule has 0 bridgehead atoms. The lowest BCUT2D eigenvalue weighted by Gasteiger charge is -2.15. The van der Waals surface area contributed by atoms with Gasteiger partial charge in [0.2, 0.25) is 7.59 Å². The van der Waals surface area contributed by atoms with Gasteiger partial charge in [-0.05, 0) is 12.1 Å². The van der Waals surface area contributed by atoms with Crippen LogP contribution < -0.4 is 0 Å². The van der Waals surface area contributed by atoms with Gasteiger partial charge in [-0.2, -0.15) is 0 Å². The summed E-state index contributed by atoms with van der Waals surface area (Å²) in [7, 11) is 1.26. The number of methoxy groups -OCH3 is 1. The Bertz CT molecular complexity index is 741. The van der Waals surface area contributed by atoms with Crippen LogP contribution in [0, 0.1) is 0 Å². The van der Waals surface area contributed by atoms with Crippen molar-refractivity contribution in [2.45, 2.75) is 7.59 Å². The number of benzene rings is 1. The van der Waals surface area contributed by atoms with Crippen molar-refractivity contribution in [1.29, 1.82) is 0 Å². The standard InChI is InChI=1S/C13H7Cl6N3O2/c1-24-9(23)7-4-2-3-6(5-7)8-20-10(12(14,15)16)22-11(21-8)13(17,18)19/h2-5H,1H3. The number of halogens is 6. The normalized spacial score (nSPS) is 12.1. The third kappa shape index (κ3) is 4.75. The Hall–Kier alpha value is -0.560. The molecule has 1 heterocycles. The van der Waals surface area contributed by atoms with E-state index < -0.39 is 13.6 Å². The molecule has 1 aromatic carbocycles. The average Bonchev–Trinajstić information content (AvgIpc) is 2.52. The number of carbonyl (C=O) groups excluding carboxylic acids is 1. The van der Waals surface area contributed by atoms with Gasteiger partial charge >= 0.3 is 5.97 Å². The predicted molar refractivity (Wildman–Crippen MR) is 95.1 cm³/mol. The Morgan fingerprint density at radius 1 is 0.958 bits per heavy atom. The van der Waals surface area contributed by atoms with Crippen LogP contribution >= 0.6 is 69.6 Å². The third-order valence-electron chi connectivity index (χ3n) is 2.68. The summed E-state index contributed by atoms with van der Waals surface area (Å²) in [5.74, 6) is -0.905. The van der Waals surface area contributed by atoms with E-state index in [1.807, 2.05) is 0 Å². The number of nitrogens with zero attached hydrogens (tertiary/aromatic N) is 3. The van der Waals surface area contributed by atoms with Crippen LogP contribution in [0.1, 0.15) is 22.0 Å². The molecular weight excluding hydrogens is 443 g/mol. The van der Waals surface area contributed by atoms with E-state index in [4.69, 9.17) is 69.6 Å². The summed E-state index contributed by atoms with van der Waals surface area (Å²) >= 11 is 34.9. The van der Waals surface area contributed by atoms with E-state index in [0.717, 1.165) is 0 Å². The SMILES string of the molecule is COC(=O)c1cccc(-c2nc(C(Cl)(Cl)Cl)nc(C(Cl)(Cl)Cl)n2)c1. The second-order valence-electron chi connectivity index (χ2n) is 4.37. The molecule has 0 saturated heterocycles. The zero-order chi connectivity index (χ0) is 18.1. The molecule has 2 rings (SSSR count). The number of hydrogen-bond donors (Lipinski definition) is 0. The van der Waals surface area contributed by atoms with Crippen LogP contribution in [0.5, 0.6) is 0 Å². The van der Waals surface area contributed by atoms with Gasteiger partial charge in [-0.25, -0.2) is 19.7 Å². The molecular formula is C13H7Cl6N3O2. The lowest BCUT2D eigenvalue weighted by atomic mass is 10.1. The van der Waals surface area contributed by atoms with E-state index in [2.05, 4.69) is 19.7 Å². The maximum atomic E-state index is 11.6. The fourth-order valence-electron chi connectivity index (χ4n) is 1.66. The Kier molecular flexibility index (Phi) is 6.06. The molecule has 0 atom stereocenters. The van der Waals surface area contributed by atoms with Crippen molar-refractivity contribution in [2.75, 3.05) is 7.11 Å². The first-order valence-electron chi connectivity index (χ1n) is 6.11. The van der Waals surface area contributed by atoms with Crippen molar-refractivity contribution in [3.63, 3.8) is 0 Å². The summed E-state index contributed by atoms with van der Waals surface area (Å²) in [5, 5.41) is 0. The second-order valence-corrected chi connectivity index (χ2v) is 8.94. The van der Waals surface area contributed by atoms with Crippen LogP contribution in [0.4, 0.5) is 0 Å². The summed E-state index contributed by atoms with van der Waals surface area (Å²) in [5.41, 5.74) is 0.701. The predicted octanol–water partition coefficient (Wildman–Crippen LogP) is 4.98. The fourth-order valence-corrected chi connectivity index (χ4v) is 2.17. The Balaban J connectivity index is 2.64. The van der Waals surface area contributed by atoms with Gasteiger partial charge < -0.3 is 4.74 Å². The molecule has 0 N–H and O–H groups in total. The van der Waals surface area contributed by atoms with E-state index in [-0.39, 0.29) is 23.0 Å². The molecule has 0 fully saturated rings. The molecule has 1 aromatic heterocycles. The van der Waals surface area contributed by atoms with Crippen molar-refractivity contribution in [3.8, 4) is 11.4 Å². The van der Waals surface area contributed by atoms with Gasteiger partial charge in [0.25, 0.3) is 0 Å². The monoisotopic (exact) mass is 447 g/mol. The van der Waals surface area contributed by atoms with Gasteiger partial charge in [0, 0.05) is 5.56 Å². The van der Waals surface area contributed by atoms with Crippen molar-refractivity contribution in [2.24, 2.45) is 0 Å². The summed E-state index contributed by atoms with van der Waals surface area (Å²) in [6.45, 7) is 0. The average molecular weight is 450 g/mol. The van der Waals surface area contributed by atoms with Crippen LogP contribution in [0.3, 0.4) is 0 Å². The smallest absolute Gasteiger partial charge is 0.337 e. The zero-order valence-electron chi connectivity index (χ0n) is 11.7. The van der Waals surface area contributed by atoms with E-state index in [9.17, 15) is 4.79 Å². The summed E-state index contributed by atoms with van der Waals surface area (Å²) in [4.78, 5) is 23.7. The summed E-state index contributed by atoms with van der Waals surface area (Å²) in [6, 6.07) is 6.29. The van der Waals surface area contributed by atoms with Gasteiger partial charge in [0.15, 0.2) is 17.5 Å². The molecule has 11 heteroatoms. The molecule has 0 saturated carbocycles. The molecule has 0 unspecified atom stereocenters. The van der Waals surface area contributed by atoms with Crippen LogP contribution in [0.25, 0.3) is 11.4 Å². The molecule has 0 spiro atoms. The number of rotatable bonds is 2. The maximum absolute atomic E-state index is 11.6. The lowest BCUT2D eigenvalue weighted by Crippen LogP contribution is -2.16. The highest BCUT2D eigenvalue weighted by Gasteiger charge is 2.34. The zero-order valence-corrected chi connectivity index (χ0v) is 16.3. The van der Waals surface area contributed by atoms with Gasteiger partial charge in [-0.3, -0.25) is 0 Å². The minimum absolute atomic E-state index is 0.0680. The van der Waals surface area contributed by atoms with Crippen LogP contribution in [-0.4, -0.2) is 28.0 Å². The second kappa shape index (κ2) is 7.36. The van der Waals surface area contributed by atoms with Crippen LogP contribution in [-0.2, 0) is 12.3 Å². The topological polar surface area (TPSA) is 65.0 Å². The Labute approximate surface area is 167 Å². The van der Waals surface area contributed by atoms with Gasteiger partial charge in [0.05, 0.1) is 12.7 Å². The number of carbonyl (C=O) groups is 1. The van der Waals surface area contributed by atoms with E-state index >= 15 is 0 Å². The summed E-state index contributed by atoms with van der Waals surface area (Å²) in [6.07, 6.45) is 0. The maximum Gasteiger partial charge on any atom is 0.337 e. The molecule has 0 radical (unpaired) electrons. The molecule has 24 heavy (non-hydrogen) atoms. The number of aromatic nitrogens is 3. The fraction of sp³-hybridized carbons (Fsp3) is 0.231. The Morgan fingerprint density at radius 2 is 1.50 bits per heavy atom. The molecule has 2 aromatic rings. The van der Waals surface area contributed by atoms with Crippen LogP contribution in [0.2, 0.25) is 0 Å². The molecule has 128 valence electrons. The van der Waals surface area contributed by atoms with Crippen LogP contribution in [0.15, 0.2) is 24.3 Å². The molecule has 0 aliphatic heterocycles. The minimum Gasteiger partial charge on any atom is -0.465 e. The molecule has 0 amide bonds. The lowest BCUT2D eigenvalue weighted by molar-refractivity contribution is 0.0601. The van der Waals surface area contributed by atoms with Gasteiger partial charge in [0.1, 0.15) is 0 Å². The van der Waals surface area contributed by atoms with E-state index in [1.54, 1.807) is 18.2 Å². The third-order valence-corrected chi connectivity index (χ3v) is 3.70. The quantitative estimate of drug-likeness (QED) is 0.478. The first kappa shape index (κ1) is 19.8. The van der Waals surface area contributed by atoms with E-state index in [1.165, 1.54) is 13.2 Å². The largest absolute Gasteiger partial charge is 0.465 e.